The molecule has 108 valence electrons. The Bertz CT molecular complexity index is 607. The molecular weight excluding hydrogens is 257 g/mol. The number of nitrogens with two attached hydrogens (primary N) is 1. The zero-order valence-electron chi connectivity index (χ0n) is 12.0. The van der Waals surface area contributed by atoms with Crippen LogP contribution >= 0.6 is 0 Å². The van der Waals surface area contributed by atoms with E-state index in [-0.39, 0.29) is 12.4 Å². The highest BCUT2D eigenvalue weighted by Crippen LogP contribution is 2.36. The lowest BCUT2D eigenvalue weighted by atomic mass is 9.87. The molecule has 2 atom stereocenters. The maximum absolute atomic E-state index is 13.9. The van der Waals surface area contributed by atoms with E-state index in [2.05, 4.69) is 0 Å². The summed E-state index contributed by atoms with van der Waals surface area (Å²) in [4.78, 5) is 0. The van der Waals surface area contributed by atoms with Gasteiger partial charge in [0.15, 0.2) is 0 Å². The maximum atomic E-state index is 13.9. The standard InChI is InChI=1S/C16H20FNO2/c1-9-10(2)20-11(3)15(9)16(19)13(8-18)12-6-4-5-7-14(12)17/h4-7,13,16,19H,8,18H2,1-3H3. The molecule has 4 heteroatoms. The van der Waals surface area contributed by atoms with E-state index >= 15 is 0 Å². The zero-order chi connectivity index (χ0) is 14.9. The van der Waals surface area contributed by atoms with Gasteiger partial charge >= 0.3 is 0 Å². The number of aliphatic hydroxyl groups is 1. The number of benzene rings is 1. The first-order valence-electron chi connectivity index (χ1n) is 6.66. The predicted octanol–water partition coefficient (Wildman–Crippen LogP) is 3.12. The molecular formula is C16H20FNO2. The topological polar surface area (TPSA) is 59.4 Å². The Kier molecular flexibility index (Phi) is 4.26. The van der Waals surface area contributed by atoms with Gasteiger partial charge in [0.2, 0.25) is 0 Å². The lowest BCUT2D eigenvalue weighted by Crippen LogP contribution is -2.22. The summed E-state index contributed by atoms with van der Waals surface area (Å²) >= 11 is 0. The van der Waals surface area contributed by atoms with Gasteiger partial charge < -0.3 is 15.3 Å². The van der Waals surface area contributed by atoms with Crippen molar-refractivity contribution in [3.8, 4) is 0 Å². The summed E-state index contributed by atoms with van der Waals surface area (Å²) in [7, 11) is 0. The van der Waals surface area contributed by atoms with Crippen LogP contribution in [0.1, 0.15) is 40.2 Å². The Labute approximate surface area is 118 Å². The van der Waals surface area contributed by atoms with Crippen LogP contribution in [-0.2, 0) is 0 Å². The van der Waals surface area contributed by atoms with E-state index in [9.17, 15) is 9.50 Å². The van der Waals surface area contributed by atoms with Gasteiger partial charge in [-0.15, -0.1) is 0 Å². The third-order valence-corrected chi connectivity index (χ3v) is 3.85. The second-order valence-corrected chi connectivity index (χ2v) is 5.06. The van der Waals surface area contributed by atoms with Crippen molar-refractivity contribution in [2.75, 3.05) is 6.54 Å². The molecule has 20 heavy (non-hydrogen) atoms. The van der Waals surface area contributed by atoms with E-state index in [0.29, 0.717) is 16.9 Å². The molecule has 3 nitrogen and oxygen atoms in total. The highest BCUT2D eigenvalue weighted by molar-refractivity contribution is 5.36. The average molecular weight is 277 g/mol. The van der Waals surface area contributed by atoms with Crippen LogP contribution in [0.2, 0.25) is 0 Å². The van der Waals surface area contributed by atoms with Crippen molar-refractivity contribution in [2.45, 2.75) is 32.8 Å². The fraction of sp³-hybridized carbons (Fsp3) is 0.375. The van der Waals surface area contributed by atoms with Gasteiger partial charge in [-0.1, -0.05) is 18.2 Å². The number of rotatable bonds is 4. The van der Waals surface area contributed by atoms with Crippen LogP contribution in [0.4, 0.5) is 4.39 Å². The Morgan fingerprint density at radius 3 is 2.35 bits per heavy atom. The second kappa shape index (κ2) is 5.77. The minimum Gasteiger partial charge on any atom is -0.466 e. The van der Waals surface area contributed by atoms with Crippen LogP contribution in [0.5, 0.6) is 0 Å². The second-order valence-electron chi connectivity index (χ2n) is 5.06. The quantitative estimate of drug-likeness (QED) is 0.902. The summed E-state index contributed by atoms with van der Waals surface area (Å²) < 4.78 is 19.5. The van der Waals surface area contributed by atoms with Gasteiger partial charge in [0.05, 0.1) is 6.10 Å². The lowest BCUT2D eigenvalue weighted by Gasteiger charge is -2.23. The summed E-state index contributed by atoms with van der Waals surface area (Å²) in [5, 5.41) is 10.6. The highest BCUT2D eigenvalue weighted by atomic mass is 19.1. The molecule has 1 aromatic heterocycles. The molecule has 0 saturated carbocycles. The van der Waals surface area contributed by atoms with Gasteiger partial charge in [0.1, 0.15) is 17.3 Å². The Morgan fingerprint density at radius 1 is 1.20 bits per heavy atom. The summed E-state index contributed by atoms with van der Waals surface area (Å²) in [6, 6.07) is 6.41. The molecule has 0 aliphatic rings. The number of hydrogen-bond acceptors (Lipinski definition) is 3. The van der Waals surface area contributed by atoms with Crippen molar-refractivity contribution < 1.29 is 13.9 Å². The minimum atomic E-state index is -0.880. The van der Waals surface area contributed by atoms with Crippen LogP contribution in [0.15, 0.2) is 28.7 Å². The van der Waals surface area contributed by atoms with Crippen molar-refractivity contribution in [3.05, 3.63) is 58.3 Å². The number of aliphatic hydroxyl groups excluding tert-OH is 1. The molecule has 0 radical (unpaired) electrons. The van der Waals surface area contributed by atoms with Crippen LogP contribution in [0, 0.1) is 26.6 Å². The zero-order valence-corrected chi connectivity index (χ0v) is 12.0. The molecule has 0 bridgehead atoms. The van der Waals surface area contributed by atoms with E-state index in [1.807, 2.05) is 13.8 Å². The molecule has 0 amide bonds. The molecule has 2 aromatic rings. The molecule has 0 fully saturated rings. The molecule has 0 aliphatic heterocycles. The third kappa shape index (κ3) is 2.49. The van der Waals surface area contributed by atoms with Crippen LogP contribution < -0.4 is 5.73 Å². The number of aryl methyl sites for hydroxylation is 2. The fourth-order valence-corrected chi connectivity index (χ4v) is 2.65. The van der Waals surface area contributed by atoms with Crippen LogP contribution in [0.3, 0.4) is 0 Å². The van der Waals surface area contributed by atoms with Gasteiger partial charge in [-0.25, -0.2) is 4.39 Å². The lowest BCUT2D eigenvalue weighted by molar-refractivity contribution is 0.143. The number of halogens is 1. The normalized spacial score (nSPS) is 14.3. The van der Waals surface area contributed by atoms with Crippen molar-refractivity contribution in [2.24, 2.45) is 5.73 Å². The predicted molar refractivity (Wildman–Crippen MR) is 76.1 cm³/mol. The highest BCUT2D eigenvalue weighted by Gasteiger charge is 2.28. The molecule has 0 aliphatic carbocycles. The molecule has 3 N–H and O–H groups in total. The van der Waals surface area contributed by atoms with Crippen molar-refractivity contribution >= 4 is 0 Å². The first-order valence-corrected chi connectivity index (χ1v) is 6.66. The molecule has 1 heterocycles. The number of furan rings is 1. The van der Waals surface area contributed by atoms with Gasteiger partial charge in [0, 0.05) is 18.0 Å². The maximum Gasteiger partial charge on any atom is 0.126 e. The van der Waals surface area contributed by atoms with E-state index in [0.717, 1.165) is 11.3 Å². The smallest absolute Gasteiger partial charge is 0.126 e. The minimum absolute atomic E-state index is 0.158. The summed E-state index contributed by atoms with van der Waals surface area (Å²) in [6.07, 6.45) is -0.880. The fourth-order valence-electron chi connectivity index (χ4n) is 2.65. The molecule has 0 spiro atoms. The Morgan fingerprint density at radius 2 is 1.85 bits per heavy atom. The van der Waals surface area contributed by atoms with E-state index in [1.165, 1.54) is 6.07 Å². The summed E-state index contributed by atoms with van der Waals surface area (Å²) in [6.45, 7) is 5.69. The van der Waals surface area contributed by atoms with Crippen molar-refractivity contribution in [1.82, 2.24) is 0 Å². The van der Waals surface area contributed by atoms with Crippen LogP contribution in [-0.4, -0.2) is 11.7 Å². The summed E-state index contributed by atoms with van der Waals surface area (Å²) in [5.74, 6) is 0.575. The molecule has 0 saturated heterocycles. The van der Waals surface area contributed by atoms with Gasteiger partial charge in [-0.05, 0) is 38.0 Å². The Hall–Kier alpha value is -1.65. The van der Waals surface area contributed by atoms with Gasteiger partial charge in [-0.3, -0.25) is 0 Å². The first-order chi connectivity index (χ1) is 9.47. The summed E-state index contributed by atoms with van der Waals surface area (Å²) in [5.41, 5.74) is 7.80. The molecule has 2 rings (SSSR count). The Balaban J connectivity index is 2.44. The van der Waals surface area contributed by atoms with Gasteiger partial charge in [-0.2, -0.15) is 0 Å². The SMILES string of the molecule is Cc1oc(C)c(C(O)C(CN)c2ccccc2F)c1C. The third-order valence-electron chi connectivity index (χ3n) is 3.85. The number of hydrogen-bond donors (Lipinski definition) is 2. The van der Waals surface area contributed by atoms with Crippen molar-refractivity contribution in [3.63, 3.8) is 0 Å². The first kappa shape index (κ1) is 14.8. The largest absolute Gasteiger partial charge is 0.466 e. The van der Waals surface area contributed by atoms with Crippen LogP contribution in [0.25, 0.3) is 0 Å². The van der Waals surface area contributed by atoms with Gasteiger partial charge in [0.25, 0.3) is 0 Å². The average Bonchev–Trinajstić information content (AvgIpc) is 2.66. The van der Waals surface area contributed by atoms with E-state index in [4.69, 9.17) is 10.2 Å². The van der Waals surface area contributed by atoms with Crippen molar-refractivity contribution in [1.29, 1.82) is 0 Å². The van der Waals surface area contributed by atoms with E-state index in [1.54, 1.807) is 25.1 Å². The van der Waals surface area contributed by atoms with E-state index < -0.39 is 12.0 Å². The monoisotopic (exact) mass is 277 g/mol. The molecule has 1 aromatic carbocycles. The molecule has 2 unspecified atom stereocenters.